The van der Waals surface area contributed by atoms with Crippen LogP contribution in [-0.2, 0) is 4.79 Å². The van der Waals surface area contributed by atoms with Crippen LogP contribution >= 0.6 is 0 Å². The van der Waals surface area contributed by atoms with E-state index in [1.54, 1.807) is 0 Å². The smallest absolute Gasteiger partial charge is 0.270 e. The van der Waals surface area contributed by atoms with E-state index in [-0.39, 0.29) is 17.9 Å². The van der Waals surface area contributed by atoms with Crippen LogP contribution in [0.15, 0.2) is 12.1 Å². The third-order valence-corrected chi connectivity index (χ3v) is 6.70. The van der Waals surface area contributed by atoms with E-state index in [0.29, 0.717) is 23.9 Å². The van der Waals surface area contributed by atoms with Gasteiger partial charge in [0.15, 0.2) is 5.60 Å². The standard InChI is InChI=1S/C26H40N2O3/c1-7-8-12-15-27-22-17-21(19(4)16-23(22)31-26(5,6)25(27)30)24(29)28(18(2)3)20-13-10-9-11-14-20/h16-18,20H,7-15H2,1-6H3. The number of hydrogen-bond acceptors (Lipinski definition) is 3. The average molecular weight is 429 g/mol. The van der Waals surface area contributed by atoms with Gasteiger partial charge in [-0.25, -0.2) is 0 Å². The predicted molar refractivity (Wildman–Crippen MR) is 126 cm³/mol. The Morgan fingerprint density at radius 3 is 2.48 bits per heavy atom. The molecule has 0 aromatic heterocycles. The second kappa shape index (κ2) is 9.62. The quantitative estimate of drug-likeness (QED) is 0.510. The molecule has 0 spiro atoms. The van der Waals surface area contributed by atoms with Crippen molar-refractivity contribution in [2.45, 2.75) is 111 Å². The lowest BCUT2D eigenvalue weighted by Gasteiger charge is -2.40. The predicted octanol–water partition coefficient (Wildman–Crippen LogP) is 5.87. The van der Waals surface area contributed by atoms with E-state index < -0.39 is 5.60 Å². The van der Waals surface area contributed by atoms with Gasteiger partial charge in [-0.15, -0.1) is 0 Å². The van der Waals surface area contributed by atoms with Crippen LogP contribution in [0.25, 0.3) is 0 Å². The van der Waals surface area contributed by atoms with Gasteiger partial charge in [-0.2, -0.15) is 0 Å². The number of amides is 2. The summed E-state index contributed by atoms with van der Waals surface area (Å²) < 4.78 is 6.09. The number of ether oxygens (including phenoxy) is 1. The summed E-state index contributed by atoms with van der Waals surface area (Å²) in [5.74, 6) is 0.739. The molecular weight excluding hydrogens is 388 g/mol. The Bertz CT molecular complexity index is 809. The maximum absolute atomic E-state index is 13.7. The number of benzene rings is 1. The van der Waals surface area contributed by atoms with Crippen molar-refractivity contribution in [1.29, 1.82) is 0 Å². The summed E-state index contributed by atoms with van der Waals surface area (Å²) in [5.41, 5.74) is 1.43. The lowest BCUT2D eigenvalue weighted by molar-refractivity contribution is -0.132. The molecule has 0 N–H and O–H groups in total. The molecule has 1 aliphatic carbocycles. The molecule has 1 saturated carbocycles. The SMILES string of the molecule is CCCCCN1C(=O)C(C)(C)Oc2cc(C)c(C(=O)N(C(C)C)C3CCCCC3)cc21. The Balaban J connectivity index is 1.99. The number of carbonyl (C=O) groups is 2. The first kappa shape index (κ1) is 23.6. The normalized spacial score (nSPS) is 18.7. The highest BCUT2D eigenvalue weighted by Gasteiger charge is 2.41. The van der Waals surface area contributed by atoms with Crippen LogP contribution in [0.1, 0.15) is 102 Å². The van der Waals surface area contributed by atoms with Gasteiger partial charge in [0, 0.05) is 24.2 Å². The second-order valence-corrected chi connectivity index (χ2v) is 10.0. The number of rotatable bonds is 7. The summed E-state index contributed by atoms with van der Waals surface area (Å²) in [7, 11) is 0. The molecule has 3 rings (SSSR count). The number of nitrogens with zero attached hydrogens (tertiary/aromatic N) is 2. The summed E-state index contributed by atoms with van der Waals surface area (Å²) in [6.45, 7) is 12.6. The van der Waals surface area contributed by atoms with Crippen molar-refractivity contribution in [3.8, 4) is 5.75 Å². The molecule has 5 heteroatoms. The van der Waals surface area contributed by atoms with Gasteiger partial charge in [-0.1, -0.05) is 39.0 Å². The molecule has 1 aliphatic heterocycles. The molecule has 2 aliphatic rings. The Hall–Kier alpha value is -2.04. The van der Waals surface area contributed by atoms with Gasteiger partial charge in [0.25, 0.3) is 11.8 Å². The molecule has 0 bridgehead atoms. The molecule has 0 saturated heterocycles. The molecule has 1 aromatic carbocycles. The van der Waals surface area contributed by atoms with Crippen molar-refractivity contribution >= 4 is 17.5 Å². The highest BCUT2D eigenvalue weighted by atomic mass is 16.5. The number of carbonyl (C=O) groups excluding carboxylic acids is 2. The number of unbranched alkanes of at least 4 members (excludes halogenated alkanes) is 2. The van der Waals surface area contributed by atoms with Gasteiger partial charge in [-0.3, -0.25) is 9.59 Å². The Kier molecular flexibility index (Phi) is 7.33. The molecule has 31 heavy (non-hydrogen) atoms. The molecule has 1 fully saturated rings. The summed E-state index contributed by atoms with van der Waals surface area (Å²) >= 11 is 0. The summed E-state index contributed by atoms with van der Waals surface area (Å²) in [6.07, 6.45) is 8.89. The van der Waals surface area contributed by atoms with Gasteiger partial charge in [-0.05, 0) is 71.6 Å². The minimum Gasteiger partial charge on any atom is -0.476 e. The Morgan fingerprint density at radius 2 is 1.87 bits per heavy atom. The minimum atomic E-state index is -0.900. The first-order valence-corrected chi connectivity index (χ1v) is 12.2. The van der Waals surface area contributed by atoms with Crippen molar-refractivity contribution in [2.75, 3.05) is 11.4 Å². The number of aryl methyl sites for hydroxylation is 1. The van der Waals surface area contributed by atoms with Gasteiger partial charge in [0.1, 0.15) is 5.75 Å². The van der Waals surface area contributed by atoms with Crippen molar-refractivity contribution in [2.24, 2.45) is 0 Å². The van der Waals surface area contributed by atoms with E-state index in [9.17, 15) is 9.59 Å². The van der Waals surface area contributed by atoms with Crippen LogP contribution in [-0.4, -0.2) is 40.9 Å². The van der Waals surface area contributed by atoms with Crippen molar-refractivity contribution in [3.05, 3.63) is 23.3 Å². The molecule has 0 unspecified atom stereocenters. The fourth-order valence-electron chi connectivity index (χ4n) is 5.01. The minimum absolute atomic E-state index is 0.0358. The number of fused-ring (bicyclic) bond motifs is 1. The van der Waals surface area contributed by atoms with Gasteiger partial charge >= 0.3 is 0 Å². The Labute approximate surface area is 188 Å². The molecule has 2 amide bonds. The maximum atomic E-state index is 13.7. The lowest BCUT2D eigenvalue weighted by atomic mass is 9.92. The topological polar surface area (TPSA) is 49.9 Å². The molecular formula is C26H40N2O3. The highest BCUT2D eigenvalue weighted by molar-refractivity contribution is 6.05. The van der Waals surface area contributed by atoms with Crippen LogP contribution in [0.2, 0.25) is 0 Å². The first-order valence-electron chi connectivity index (χ1n) is 12.2. The van der Waals surface area contributed by atoms with Crippen LogP contribution < -0.4 is 9.64 Å². The number of hydrogen-bond donors (Lipinski definition) is 0. The zero-order chi connectivity index (χ0) is 22.8. The van der Waals surface area contributed by atoms with Gasteiger partial charge < -0.3 is 14.5 Å². The van der Waals surface area contributed by atoms with E-state index in [1.807, 2.05) is 37.8 Å². The van der Waals surface area contributed by atoms with Crippen LogP contribution in [0.5, 0.6) is 5.75 Å². The first-order chi connectivity index (χ1) is 14.7. The molecule has 0 radical (unpaired) electrons. The second-order valence-electron chi connectivity index (χ2n) is 10.0. The monoisotopic (exact) mass is 428 g/mol. The third-order valence-electron chi connectivity index (χ3n) is 6.70. The van der Waals surface area contributed by atoms with E-state index in [2.05, 4.69) is 25.7 Å². The third kappa shape index (κ3) is 4.91. The number of anilines is 1. The molecule has 172 valence electrons. The fourth-order valence-corrected chi connectivity index (χ4v) is 5.01. The molecule has 5 nitrogen and oxygen atoms in total. The van der Waals surface area contributed by atoms with Crippen molar-refractivity contribution in [1.82, 2.24) is 4.90 Å². The highest BCUT2D eigenvalue weighted by Crippen LogP contribution is 2.40. The zero-order valence-corrected chi connectivity index (χ0v) is 20.3. The van der Waals surface area contributed by atoms with Crippen molar-refractivity contribution < 1.29 is 14.3 Å². The van der Waals surface area contributed by atoms with E-state index in [0.717, 1.165) is 43.4 Å². The van der Waals surface area contributed by atoms with Crippen LogP contribution in [0.3, 0.4) is 0 Å². The van der Waals surface area contributed by atoms with Gasteiger partial charge in [0.05, 0.1) is 5.69 Å². The molecule has 0 atom stereocenters. The van der Waals surface area contributed by atoms with Crippen molar-refractivity contribution in [3.63, 3.8) is 0 Å². The summed E-state index contributed by atoms with van der Waals surface area (Å²) in [6, 6.07) is 4.30. The van der Waals surface area contributed by atoms with E-state index in [4.69, 9.17) is 4.74 Å². The largest absolute Gasteiger partial charge is 0.476 e. The van der Waals surface area contributed by atoms with Crippen LogP contribution in [0, 0.1) is 6.92 Å². The molecule has 1 aromatic rings. The fraction of sp³-hybridized carbons (Fsp3) is 0.692. The Morgan fingerprint density at radius 1 is 1.19 bits per heavy atom. The van der Waals surface area contributed by atoms with Gasteiger partial charge in [0.2, 0.25) is 0 Å². The summed E-state index contributed by atoms with van der Waals surface area (Å²) in [4.78, 5) is 30.8. The van der Waals surface area contributed by atoms with E-state index in [1.165, 1.54) is 19.3 Å². The maximum Gasteiger partial charge on any atom is 0.270 e. The molecule has 1 heterocycles. The lowest BCUT2D eigenvalue weighted by Crippen LogP contribution is -2.53. The van der Waals surface area contributed by atoms with E-state index >= 15 is 0 Å². The average Bonchev–Trinajstić information content (AvgIpc) is 2.71. The summed E-state index contributed by atoms with van der Waals surface area (Å²) in [5, 5.41) is 0. The zero-order valence-electron chi connectivity index (χ0n) is 20.3. The van der Waals surface area contributed by atoms with Crippen LogP contribution in [0.4, 0.5) is 5.69 Å².